The second-order valence-electron chi connectivity index (χ2n) is 9.37. The number of carboxylic acids is 1. The van der Waals surface area contributed by atoms with Gasteiger partial charge in [0.1, 0.15) is 11.9 Å². The standard InChI is InChI=1S/C25H26ClFN4O5S/c1-12-11-37-23(28-12)22-29-19(8-31-15-5-13(24(32)33)6-16(31)10-36-9-15)20(25(34)35-2)21(30-22)17-4-3-14(27)7-18(17)26/h3-4,7,11,13,15-16,21H,5-6,8-10H2,1-2H3,(H,29,30)(H,32,33)/t13?,15?,16?,21-/m0/s1. The molecule has 2 saturated heterocycles. The number of aliphatic carboxylic acids is 1. The minimum absolute atomic E-state index is 0.126. The number of methoxy groups -OCH3 is 1. The Labute approximate surface area is 221 Å². The number of carboxylic acid groups (broad SMARTS) is 1. The van der Waals surface area contributed by atoms with Gasteiger partial charge in [-0.15, -0.1) is 11.3 Å². The zero-order valence-corrected chi connectivity index (χ0v) is 21.8. The van der Waals surface area contributed by atoms with E-state index in [0.717, 1.165) is 5.69 Å². The van der Waals surface area contributed by atoms with Crippen molar-refractivity contribution in [2.24, 2.45) is 10.9 Å². The molecule has 37 heavy (non-hydrogen) atoms. The van der Waals surface area contributed by atoms with Gasteiger partial charge in [0.2, 0.25) is 0 Å². The summed E-state index contributed by atoms with van der Waals surface area (Å²) in [6.07, 6.45) is 0.902. The highest BCUT2D eigenvalue weighted by Crippen LogP contribution is 2.38. The van der Waals surface area contributed by atoms with E-state index in [-0.39, 0.29) is 22.7 Å². The molecule has 0 aliphatic carbocycles. The van der Waals surface area contributed by atoms with Crippen LogP contribution in [0.25, 0.3) is 0 Å². The number of thiazole rings is 1. The van der Waals surface area contributed by atoms with E-state index in [0.29, 0.717) is 54.7 Å². The molecule has 2 unspecified atom stereocenters. The molecule has 3 atom stereocenters. The zero-order valence-electron chi connectivity index (χ0n) is 20.2. The molecule has 196 valence electrons. The van der Waals surface area contributed by atoms with Crippen LogP contribution < -0.4 is 5.32 Å². The maximum absolute atomic E-state index is 13.9. The lowest BCUT2D eigenvalue weighted by Crippen LogP contribution is -2.59. The first-order valence-corrected chi connectivity index (χ1v) is 13.1. The van der Waals surface area contributed by atoms with Gasteiger partial charge in [-0.2, -0.15) is 0 Å². The fourth-order valence-corrected chi connectivity index (χ4v) is 6.24. The van der Waals surface area contributed by atoms with Gasteiger partial charge in [0.15, 0.2) is 10.8 Å². The highest BCUT2D eigenvalue weighted by molar-refractivity contribution is 7.11. The first kappa shape index (κ1) is 25.8. The number of halogens is 2. The summed E-state index contributed by atoms with van der Waals surface area (Å²) in [5.41, 5.74) is 2.10. The van der Waals surface area contributed by atoms with Crippen LogP contribution in [0.15, 0.2) is 39.8 Å². The van der Waals surface area contributed by atoms with Crippen molar-refractivity contribution in [1.82, 2.24) is 15.2 Å². The summed E-state index contributed by atoms with van der Waals surface area (Å²) in [5, 5.41) is 15.6. The number of morpholine rings is 1. The monoisotopic (exact) mass is 548 g/mol. The number of nitrogens with zero attached hydrogens (tertiary/aromatic N) is 3. The van der Waals surface area contributed by atoms with Crippen molar-refractivity contribution < 1.29 is 28.6 Å². The Morgan fingerprint density at radius 2 is 2.05 bits per heavy atom. The Hall–Kier alpha value is -2.86. The van der Waals surface area contributed by atoms with E-state index in [1.807, 2.05) is 12.3 Å². The number of nitrogens with one attached hydrogen (secondary N) is 1. The first-order chi connectivity index (χ1) is 17.7. The lowest BCUT2D eigenvalue weighted by atomic mass is 9.84. The molecule has 2 fully saturated rings. The van der Waals surface area contributed by atoms with Crippen molar-refractivity contribution in [2.45, 2.75) is 37.9 Å². The normalized spacial score (nSPS) is 25.9. The molecule has 0 amide bonds. The number of benzene rings is 1. The number of amidine groups is 1. The highest BCUT2D eigenvalue weighted by Gasteiger charge is 2.43. The second kappa shape index (κ2) is 10.5. The van der Waals surface area contributed by atoms with E-state index in [9.17, 15) is 19.1 Å². The van der Waals surface area contributed by atoms with Gasteiger partial charge < -0.3 is 19.9 Å². The number of fused-ring (bicyclic) bond motifs is 2. The van der Waals surface area contributed by atoms with Crippen molar-refractivity contribution in [3.8, 4) is 0 Å². The minimum atomic E-state index is -0.858. The van der Waals surface area contributed by atoms with Crippen LogP contribution in [0, 0.1) is 18.7 Å². The third-order valence-electron chi connectivity index (χ3n) is 6.97. The van der Waals surface area contributed by atoms with E-state index in [1.54, 1.807) is 0 Å². The highest BCUT2D eigenvalue weighted by atomic mass is 35.5. The maximum atomic E-state index is 13.9. The topological polar surface area (TPSA) is 113 Å². The Bertz CT molecular complexity index is 1280. The molecular formula is C25H26ClFN4O5S. The molecule has 2 N–H and O–H groups in total. The van der Waals surface area contributed by atoms with Crippen molar-refractivity contribution >= 4 is 40.7 Å². The molecule has 1 aromatic carbocycles. The van der Waals surface area contributed by atoms with Crippen LogP contribution in [0.5, 0.6) is 0 Å². The Balaban J connectivity index is 1.58. The molecule has 3 aliphatic rings. The van der Waals surface area contributed by atoms with Crippen LogP contribution in [0.4, 0.5) is 4.39 Å². The number of aryl methyl sites for hydroxylation is 1. The molecule has 12 heteroatoms. The van der Waals surface area contributed by atoms with Gasteiger partial charge in [0, 0.05) is 46.0 Å². The average molecular weight is 549 g/mol. The number of piperidine rings is 1. The SMILES string of the molecule is COC(=O)C1=C(CN2C3COCC2CC(C(=O)O)C3)NC(c2nc(C)cs2)=N[C@H]1c1ccc(F)cc1Cl. The lowest BCUT2D eigenvalue weighted by Gasteiger charge is -2.48. The third-order valence-corrected chi connectivity index (χ3v) is 8.27. The number of hydrogen-bond acceptors (Lipinski definition) is 9. The van der Waals surface area contributed by atoms with Crippen molar-refractivity contribution in [2.75, 3.05) is 26.9 Å². The second-order valence-corrected chi connectivity index (χ2v) is 10.6. The quantitative estimate of drug-likeness (QED) is 0.529. The van der Waals surface area contributed by atoms with Crippen molar-refractivity contribution in [3.05, 3.63) is 62.0 Å². The summed E-state index contributed by atoms with van der Waals surface area (Å²) in [4.78, 5) is 36.4. The fraction of sp³-hybridized carbons (Fsp3) is 0.440. The van der Waals surface area contributed by atoms with Crippen molar-refractivity contribution in [3.63, 3.8) is 0 Å². The number of carbonyl (C=O) groups is 2. The van der Waals surface area contributed by atoms with E-state index in [1.165, 1.54) is 36.6 Å². The summed E-state index contributed by atoms with van der Waals surface area (Å²) in [5.74, 6) is -1.87. The van der Waals surface area contributed by atoms with Crippen LogP contribution in [-0.4, -0.2) is 71.7 Å². The lowest BCUT2D eigenvalue weighted by molar-refractivity contribution is -0.150. The molecule has 0 saturated carbocycles. The molecule has 9 nitrogen and oxygen atoms in total. The van der Waals surface area contributed by atoms with Crippen LogP contribution in [0.2, 0.25) is 5.02 Å². The molecular weight excluding hydrogens is 523 g/mol. The molecule has 1 aromatic heterocycles. The molecule has 2 bridgehead atoms. The predicted molar refractivity (Wildman–Crippen MR) is 135 cm³/mol. The smallest absolute Gasteiger partial charge is 0.338 e. The van der Waals surface area contributed by atoms with Crippen LogP contribution in [0.1, 0.15) is 35.1 Å². The molecule has 5 rings (SSSR count). The van der Waals surface area contributed by atoms with Gasteiger partial charge >= 0.3 is 11.9 Å². The van der Waals surface area contributed by atoms with Crippen LogP contribution >= 0.6 is 22.9 Å². The number of rotatable bonds is 6. The Morgan fingerprint density at radius 1 is 1.32 bits per heavy atom. The number of ether oxygens (including phenoxy) is 2. The summed E-state index contributed by atoms with van der Waals surface area (Å²) in [6, 6.07) is 2.87. The van der Waals surface area contributed by atoms with Crippen LogP contribution in [0.3, 0.4) is 0 Å². The fourth-order valence-electron chi connectivity index (χ4n) is 5.22. The number of hydrogen-bond donors (Lipinski definition) is 2. The molecule has 4 heterocycles. The first-order valence-electron chi connectivity index (χ1n) is 11.8. The van der Waals surface area contributed by atoms with Gasteiger partial charge in [-0.1, -0.05) is 17.7 Å². The Kier molecular flexibility index (Phi) is 7.30. The van der Waals surface area contributed by atoms with E-state index < -0.39 is 29.7 Å². The van der Waals surface area contributed by atoms with E-state index in [4.69, 9.17) is 26.1 Å². The largest absolute Gasteiger partial charge is 0.481 e. The maximum Gasteiger partial charge on any atom is 0.338 e. The number of carbonyl (C=O) groups excluding carboxylic acids is 1. The third kappa shape index (κ3) is 5.13. The molecule has 3 aliphatic heterocycles. The van der Waals surface area contributed by atoms with Gasteiger partial charge in [-0.3, -0.25) is 14.7 Å². The number of aliphatic imine (C=N–C) groups is 1. The van der Waals surface area contributed by atoms with Crippen LogP contribution in [-0.2, 0) is 19.1 Å². The predicted octanol–water partition coefficient (Wildman–Crippen LogP) is 3.33. The minimum Gasteiger partial charge on any atom is -0.481 e. The van der Waals surface area contributed by atoms with Crippen molar-refractivity contribution in [1.29, 1.82) is 0 Å². The van der Waals surface area contributed by atoms with Gasteiger partial charge in [-0.25, -0.2) is 14.2 Å². The summed E-state index contributed by atoms with van der Waals surface area (Å²) < 4.78 is 24.8. The summed E-state index contributed by atoms with van der Waals surface area (Å²) in [7, 11) is 1.29. The van der Waals surface area contributed by atoms with E-state index in [2.05, 4.69) is 15.2 Å². The molecule has 2 aromatic rings. The van der Waals surface area contributed by atoms with Gasteiger partial charge in [0.25, 0.3) is 0 Å². The Morgan fingerprint density at radius 3 is 2.65 bits per heavy atom. The summed E-state index contributed by atoms with van der Waals surface area (Å²) >= 11 is 7.85. The van der Waals surface area contributed by atoms with Gasteiger partial charge in [0.05, 0.1) is 31.8 Å². The number of aromatic nitrogens is 1. The molecule has 0 spiro atoms. The van der Waals surface area contributed by atoms with E-state index >= 15 is 0 Å². The zero-order chi connectivity index (χ0) is 26.3. The summed E-state index contributed by atoms with van der Waals surface area (Å²) in [6.45, 7) is 3.00. The van der Waals surface area contributed by atoms with Gasteiger partial charge in [-0.05, 0) is 31.9 Å². The number of esters is 1. The molecule has 0 radical (unpaired) electrons. The average Bonchev–Trinajstić information content (AvgIpc) is 3.29.